The van der Waals surface area contributed by atoms with E-state index in [1.165, 1.54) is 21.8 Å². The number of rotatable bonds is 5. The van der Waals surface area contributed by atoms with Crippen LogP contribution in [-0.2, 0) is 0 Å². The van der Waals surface area contributed by atoms with E-state index in [0.717, 1.165) is 51.0 Å². The first kappa shape index (κ1) is 30.8. The highest BCUT2D eigenvalue weighted by molar-refractivity contribution is 5.96. The minimum atomic E-state index is -0.577. The Morgan fingerprint density at radius 1 is 0.729 bits per heavy atom. The first-order valence-corrected chi connectivity index (χ1v) is 16.2. The molecule has 1 aliphatic rings. The number of hydrogen-bond acceptors (Lipinski definition) is 8. The summed E-state index contributed by atoms with van der Waals surface area (Å²) >= 11 is 0. The second-order valence-electron chi connectivity index (χ2n) is 12.9. The van der Waals surface area contributed by atoms with Crippen LogP contribution >= 0.6 is 0 Å². The molecule has 0 radical (unpaired) electrons. The Morgan fingerprint density at radius 2 is 1.29 bits per heavy atom. The van der Waals surface area contributed by atoms with Gasteiger partial charge in [-0.2, -0.15) is 15.3 Å². The molecule has 3 aromatic heterocycles. The largest absolute Gasteiger partial charge is 0.291 e. The van der Waals surface area contributed by atoms with Gasteiger partial charge >= 0.3 is 0 Å². The molecule has 1 aliphatic heterocycles. The fourth-order valence-electron chi connectivity index (χ4n) is 6.63. The molecule has 0 N–H and O–H groups in total. The molecule has 0 amide bonds. The van der Waals surface area contributed by atoms with Crippen LogP contribution in [0.15, 0.2) is 83.6 Å². The lowest BCUT2D eigenvalue weighted by atomic mass is 9.92. The Morgan fingerprint density at radius 3 is 1.85 bits per heavy atom. The van der Waals surface area contributed by atoms with Crippen molar-refractivity contribution in [1.29, 1.82) is 5.26 Å². The number of nitrogens with zero attached hydrogens (tertiary/aromatic N) is 8. The second-order valence-corrected chi connectivity index (χ2v) is 12.9. The lowest BCUT2D eigenvalue weighted by Crippen LogP contribution is -2.25. The van der Waals surface area contributed by atoms with E-state index >= 15 is 0 Å². The number of aromatic nitrogens is 5. The first-order valence-electron chi connectivity index (χ1n) is 16.2. The molecule has 0 bridgehead atoms. The van der Waals surface area contributed by atoms with Crippen LogP contribution in [0.3, 0.4) is 0 Å². The Hall–Kier alpha value is -5.88. The molecule has 238 valence electrons. The standard InChI is InChI=1S/C39H36N8O/c1-22(2)28-14-11-15-29(23(3)4)35(28)47-33(19-18-30-26(7)44-45-21-27(20-40)39(48)43-36(30)45)46(34-24(5)12-10-13-25(34)6)37-38(47)42-32-17-9-8-16-31(32)41-37/h8-19,21-23H,1-7H3/b30-18-,33-19-. The summed E-state index contributed by atoms with van der Waals surface area (Å²) in [6.07, 6.45) is 5.45. The van der Waals surface area contributed by atoms with Crippen LogP contribution < -0.4 is 20.6 Å². The second kappa shape index (κ2) is 11.7. The monoisotopic (exact) mass is 632 g/mol. The van der Waals surface area contributed by atoms with E-state index in [2.05, 4.69) is 104 Å². The summed E-state index contributed by atoms with van der Waals surface area (Å²) in [6, 6.07) is 22.7. The summed E-state index contributed by atoms with van der Waals surface area (Å²) < 4.78 is 1.50. The number of allylic oxidation sites excluding steroid dienone is 1. The van der Waals surface area contributed by atoms with E-state index in [0.29, 0.717) is 16.6 Å². The van der Waals surface area contributed by atoms with Gasteiger partial charge in [-0.05, 0) is 79.1 Å². The summed E-state index contributed by atoms with van der Waals surface area (Å²) in [4.78, 5) is 32.0. The van der Waals surface area contributed by atoms with Gasteiger partial charge in [-0.1, -0.05) is 76.2 Å². The Labute approximate surface area is 279 Å². The lowest BCUT2D eigenvalue weighted by molar-refractivity contribution is 0.827. The maximum Gasteiger partial charge on any atom is 0.291 e. The van der Waals surface area contributed by atoms with Crippen LogP contribution in [0.1, 0.15) is 73.0 Å². The van der Waals surface area contributed by atoms with Crippen molar-refractivity contribution in [2.75, 3.05) is 9.80 Å². The SMILES string of the molecule is Cc1cccc(C)c1N1/C(=C/C=c2/c(C)nn3cc(C#N)c(=O)nc23)N(c2c(C(C)C)cccc2C(C)C)c2nc3ccccc3nc21. The number of anilines is 4. The minimum absolute atomic E-state index is 0.0516. The Kier molecular flexibility index (Phi) is 7.52. The topological polar surface area (TPSA) is 103 Å². The third kappa shape index (κ3) is 4.88. The van der Waals surface area contributed by atoms with Gasteiger partial charge in [-0.3, -0.25) is 14.6 Å². The summed E-state index contributed by atoms with van der Waals surface area (Å²) in [6.45, 7) is 15.0. The molecule has 48 heavy (non-hydrogen) atoms. The summed E-state index contributed by atoms with van der Waals surface area (Å²) in [5.41, 5.74) is 8.75. The molecule has 0 atom stereocenters. The zero-order valence-corrected chi connectivity index (χ0v) is 28.1. The van der Waals surface area contributed by atoms with Gasteiger partial charge in [0.2, 0.25) is 0 Å². The van der Waals surface area contributed by atoms with Gasteiger partial charge in [-0.15, -0.1) is 0 Å². The van der Waals surface area contributed by atoms with Gasteiger partial charge in [0.25, 0.3) is 5.56 Å². The molecule has 0 fully saturated rings. The van der Waals surface area contributed by atoms with Gasteiger partial charge in [0.1, 0.15) is 17.5 Å². The maximum atomic E-state index is 12.7. The molecule has 7 rings (SSSR count). The van der Waals surface area contributed by atoms with Crippen molar-refractivity contribution < 1.29 is 0 Å². The molecule has 0 saturated carbocycles. The molecule has 0 aliphatic carbocycles. The third-order valence-corrected chi connectivity index (χ3v) is 8.96. The van der Waals surface area contributed by atoms with Crippen LogP contribution in [0.2, 0.25) is 0 Å². The van der Waals surface area contributed by atoms with Crippen LogP contribution in [0.5, 0.6) is 0 Å². The van der Waals surface area contributed by atoms with E-state index in [9.17, 15) is 10.1 Å². The van der Waals surface area contributed by atoms with Gasteiger partial charge in [-0.25, -0.2) is 14.5 Å². The summed E-state index contributed by atoms with van der Waals surface area (Å²) in [5.74, 6) is 2.76. The fourth-order valence-corrected chi connectivity index (χ4v) is 6.63. The van der Waals surface area contributed by atoms with Crippen molar-refractivity contribution in [3.05, 3.63) is 128 Å². The van der Waals surface area contributed by atoms with Crippen molar-refractivity contribution in [1.82, 2.24) is 24.6 Å². The van der Waals surface area contributed by atoms with E-state index in [1.54, 1.807) is 0 Å². The molecule has 4 heterocycles. The zero-order chi connectivity index (χ0) is 33.9. The van der Waals surface area contributed by atoms with E-state index in [1.807, 2.05) is 43.3 Å². The van der Waals surface area contributed by atoms with Crippen LogP contribution in [0.25, 0.3) is 22.8 Å². The molecule has 0 saturated heterocycles. The number of aryl methyl sites for hydroxylation is 3. The minimum Gasteiger partial charge on any atom is -0.276 e. The molecule has 6 aromatic rings. The van der Waals surface area contributed by atoms with E-state index in [-0.39, 0.29) is 17.4 Å². The van der Waals surface area contributed by atoms with Crippen LogP contribution in [-0.4, -0.2) is 24.6 Å². The smallest absolute Gasteiger partial charge is 0.276 e. The van der Waals surface area contributed by atoms with Crippen molar-refractivity contribution in [2.45, 2.75) is 60.3 Å². The fraction of sp³-hybridized carbons (Fsp3) is 0.231. The van der Waals surface area contributed by atoms with Gasteiger partial charge in [0, 0.05) is 5.22 Å². The first-order chi connectivity index (χ1) is 23.1. The van der Waals surface area contributed by atoms with Crippen molar-refractivity contribution in [3.8, 4) is 6.07 Å². The van der Waals surface area contributed by atoms with E-state index in [4.69, 9.17) is 9.97 Å². The molecule has 9 nitrogen and oxygen atoms in total. The number of hydrogen-bond donors (Lipinski definition) is 0. The van der Waals surface area contributed by atoms with Crippen molar-refractivity contribution >= 4 is 45.8 Å². The third-order valence-electron chi connectivity index (χ3n) is 8.96. The van der Waals surface area contributed by atoms with E-state index < -0.39 is 5.56 Å². The van der Waals surface area contributed by atoms with Crippen LogP contribution in [0, 0.1) is 32.1 Å². The average molecular weight is 633 g/mol. The van der Waals surface area contributed by atoms with Gasteiger partial charge in [0.15, 0.2) is 17.3 Å². The highest BCUT2D eigenvalue weighted by Gasteiger charge is 2.40. The summed E-state index contributed by atoms with van der Waals surface area (Å²) in [7, 11) is 0. The van der Waals surface area contributed by atoms with Gasteiger partial charge in [0.05, 0.1) is 34.3 Å². The number of para-hydroxylation sites is 4. The highest BCUT2D eigenvalue weighted by Crippen LogP contribution is 2.52. The normalized spacial score (nSPS) is 14.2. The Balaban J connectivity index is 1.63. The molecule has 9 heteroatoms. The van der Waals surface area contributed by atoms with Gasteiger partial charge < -0.3 is 0 Å². The molecule has 3 aromatic carbocycles. The number of nitriles is 1. The predicted molar refractivity (Wildman–Crippen MR) is 191 cm³/mol. The zero-order valence-electron chi connectivity index (χ0n) is 28.1. The van der Waals surface area contributed by atoms with Crippen LogP contribution in [0.4, 0.5) is 23.0 Å². The van der Waals surface area contributed by atoms with Crippen molar-refractivity contribution in [3.63, 3.8) is 0 Å². The molecule has 0 spiro atoms. The molecular weight excluding hydrogens is 596 g/mol. The predicted octanol–water partition coefficient (Wildman–Crippen LogP) is 7.41. The lowest BCUT2D eigenvalue weighted by Gasteiger charge is -2.31. The molecule has 0 unspecified atom stereocenters. The number of fused-ring (bicyclic) bond motifs is 3. The molecular formula is C39H36N8O. The van der Waals surface area contributed by atoms with Crippen molar-refractivity contribution in [2.24, 2.45) is 0 Å². The number of benzene rings is 3. The average Bonchev–Trinajstić information content (AvgIpc) is 3.53. The summed E-state index contributed by atoms with van der Waals surface area (Å²) in [5, 5.41) is 14.7. The Bertz CT molecular complexity index is 2410. The highest BCUT2D eigenvalue weighted by atomic mass is 16.1. The maximum absolute atomic E-state index is 12.7. The quantitative estimate of drug-likeness (QED) is 0.194.